The predicted octanol–water partition coefficient (Wildman–Crippen LogP) is 4.47. The minimum atomic E-state index is -0.652. The van der Waals surface area contributed by atoms with Gasteiger partial charge in [-0.1, -0.05) is 22.8 Å². The van der Waals surface area contributed by atoms with E-state index in [4.69, 9.17) is 16.1 Å². The van der Waals surface area contributed by atoms with Crippen molar-refractivity contribution in [3.05, 3.63) is 75.9 Å². The zero-order chi connectivity index (χ0) is 18.3. The molecule has 1 aliphatic heterocycles. The zero-order valence-corrected chi connectivity index (χ0v) is 14.3. The summed E-state index contributed by atoms with van der Waals surface area (Å²) in [5.74, 6) is -0.901. The van der Waals surface area contributed by atoms with Crippen molar-refractivity contribution in [2.45, 2.75) is 13.0 Å². The van der Waals surface area contributed by atoms with Gasteiger partial charge in [-0.25, -0.2) is 8.78 Å². The van der Waals surface area contributed by atoms with Crippen LogP contribution in [0.1, 0.15) is 21.6 Å². The van der Waals surface area contributed by atoms with Crippen molar-refractivity contribution in [1.29, 1.82) is 0 Å². The molecule has 132 valence electrons. The van der Waals surface area contributed by atoms with Crippen LogP contribution in [0.25, 0.3) is 11.3 Å². The maximum Gasteiger partial charge on any atom is 0.258 e. The van der Waals surface area contributed by atoms with Crippen LogP contribution < -0.4 is 0 Å². The number of amides is 1. The molecule has 0 saturated carbocycles. The number of benzene rings is 2. The van der Waals surface area contributed by atoms with E-state index >= 15 is 0 Å². The Labute approximate surface area is 153 Å². The highest BCUT2D eigenvalue weighted by Gasteiger charge is 2.29. The first kappa shape index (κ1) is 16.7. The van der Waals surface area contributed by atoms with Gasteiger partial charge in [-0.15, -0.1) is 0 Å². The molecule has 4 rings (SSSR count). The molecule has 1 aliphatic rings. The molecule has 0 unspecified atom stereocenters. The van der Waals surface area contributed by atoms with Crippen LogP contribution in [0.5, 0.6) is 0 Å². The monoisotopic (exact) mass is 374 g/mol. The Morgan fingerprint density at radius 3 is 2.65 bits per heavy atom. The molecule has 7 heteroatoms. The van der Waals surface area contributed by atoms with Gasteiger partial charge < -0.3 is 9.42 Å². The molecule has 4 nitrogen and oxygen atoms in total. The third-order valence-electron chi connectivity index (χ3n) is 4.41. The van der Waals surface area contributed by atoms with Crippen molar-refractivity contribution in [3.8, 4) is 11.3 Å². The minimum Gasteiger partial charge on any atom is -0.356 e. The molecule has 0 radical (unpaired) electrons. The van der Waals surface area contributed by atoms with E-state index in [2.05, 4.69) is 5.16 Å². The molecule has 0 fully saturated rings. The fourth-order valence-electron chi connectivity index (χ4n) is 3.09. The lowest BCUT2D eigenvalue weighted by molar-refractivity contribution is 0.0727. The van der Waals surface area contributed by atoms with E-state index in [1.54, 1.807) is 12.1 Å². The van der Waals surface area contributed by atoms with Crippen molar-refractivity contribution in [2.24, 2.45) is 0 Å². The summed E-state index contributed by atoms with van der Waals surface area (Å²) in [4.78, 5) is 14.2. The second kappa shape index (κ2) is 6.53. The highest BCUT2D eigenvalue weighted by Crippen LogP contribution is 2.31. The maximum atomic E-state index is 14.0. The van der Waals surface area contributed by atoms with Crippen LogP contribution in [0.3, 0.4) is 0 Å². The highest BCUT2D eigenvalue weighted by atomic mass is 35.5. The Morgan fingerprint density at radius 2 is 1.92 bits per heavy atom. The Hall–Kier alpha value is -2.73. The molecule has 1 amide bonds. The molecule has 0 atom stereocenters. The minimum absolute atomic E-state index is 0.0768. The Kier molecular flexibility index (Phi) is 4.20. The largest absolute Gasteiger partial charge is 0.356 e. The Bertz CT molecular complexity index is 965. The van der Waals surface area contributed by atoms with Crippen LogP contribution in [-0.2, 0) is 13.0 Å². The quantitative estimate of drug-likeness (QED) is 0.664. The van der Waals surface area contributed by atoms with Gasteiger partial charge in [0.25, 0.3) is 5.91 Å². The van der Waals surface area contributed by atoms with Crippen LogP contribution in [0.15, 0.2) is 47.0 Å². The maximum absolute atomic E-state index is 14.0. The zero-order valence-electron chi connectivity index (χ0n) is 13.5. The third-order valence-corrected chi connectivity index (χ3v) is 4.73. The smallest absolute Gasteiger partial charge is 0.258 e. The molecule has 0 N–H and O–H groups in total. The predicted molar refractivity (Wildman–Crippen MR) is 91.8 cm³/mol. The average Bonchev–Trinajstić information content (AvgIpc) is 3.05. The number of fused-ring (bicyclic) bond motifs is 1. The topological polar surface area (TPSA) is 46.3 Å². The Morgan fingerprint density at radius 1 is 1.15 bits per heavy atom. The number of aromatic nitrogens is 1. The summed E-state index contributed by atoms with van der Waals surface area (Å²) < 4.78 is 32.5. The molecule has 3 aromatic rings. The van der Waals surface area contributed by atoms with Crippen molar-refractivity contribution in [2.75, 3.05) is 6.54 Å². The van der Waals surface area contributed by atoms with Gasteiger partial charge in [0.05, 0.1) is 17.1 Å². The van der Waals surface area contributed by atoms with E-state index in [-0.39, 0.29) is 22.9 Å². The SMILES string of the molecule is O=C(c1c(F)cccc1Cl)N1CCc2c(noc2-c2ccc(F)cc2)C1. The molecule has 0 bridgehead atoms. The van der Waals surface area contributed by atoms with E-state index in [1.807, 2.05) is 0 Å². The van der Waals surface area contributed by atoms with E-state index < -0.39 is 11.7 Å². The normalized spacial score (nSPS) is 13.6. The van der Waals surface area contributed by atoms with Crippen molar-refractivity contribution >= 4 is 17.5 Å². The first-order valence-electron chi connectivity index (χ1n) is 8.01. The summed E-state index contributed by atoms with van der Waals surface area (Å²) in [7, 11) is 0. The van der Waals surface area contributed by atoms with Crippen LogP contribution in [-0.4, -0.2) is 22.5 Å². The van der Waals surface area contributed by atoms with Crippen LogP contribution in [0.4, 0.5) is 8.78 Å². The van der Waals surface area contributed by atoms with Crippen LogP contribution in [0, 0.1) is 11.6 Å². The van der Waals surface area contributed by atoms with Crippen molar-refractivity contribution < 1.29 is 18.1 Å². The lowest BCUT2D eigenvalue weighted by Gasteiger charge is -2.26. The van der Waals surface area contributed by atoms with Gasteiger partial charge >= 0.3 is 0 Å². The van der Waals surface area contributed by atoms with Crippen molar-refractivity contribution in [3.63, 3.8) is 0 Å². The third kappa shape index (κ3) is 2.86. The average molecular weight is 375 g/mol. The Balaban J connectivity index is 1.61. The van der Waals surface area contributed by atoms with E-state index in [9.17, 15) is 13.6 Å². The molecule has 0 aliphatic carbocycles. The summed E-state index contributed by atoms with van der Waals surface area (Å²) >= 11 is 5.99. The number of carbonyl (C=O) groups excluding carboxylic acids is 1. The number of hydrogen-bond acceptors (Lipinski definition) is 3. The molecule has 26 heavy (non-hydrogen) atoms. The summed E-state index contributed by atoms with van der Waals surface area (Å²) in [5, 5.41) is 4.11. The second-order valence-electron chi connectivity index (χ2n) is 6.02. The summed E-state index contributed by atoms with van der Waals surface area (Å²) in [5.41, 5.74) is 2.06. The first-order valence-corrected chi connectivity index (χ1v) is 8.39. The fourth-order valence-corrected chi connectivity index (χ4v) is 3.34. The number of halogens is 3. The van der Waals surface area contributed by atoms with Gasteiger partial charge in [0, 0.05) is 17.7 Å². The summed E-state index contributed by atoms with van der Waals surface area (Å²) in [6.45, 7) is 0.579. The van der Waals surface area contributed by atoms with Gasteiger partial charge in [-0.05, 0) is 42.8 Å². The molecule has 0 spiro atoms. The van der Waals surface area contributed by atoms with E-state index in [1.165, 1.54) is 35.2 Å². The van der Waals surface area contributed by atoms with E-state index in [0.29, 0.717) is 24.4 Å². The molecule has 1 aromatic heterocycles. The fraction of sp³-hybridized carbons (Fsp3) is 0.158. The van der Waals surface area contributed by atoms with Crippen molar-refractivity contribution in [1.82, 2.24) is 10.1 Å². The van der Waals surface area contributed by atoms with Gasteiger partial charge in [-0.3, -0.25) is 4.79 Å². The van der Waals surface area contributed by atoms with Crippen LogP contribution in [0.2, 0.25) is 5.02 Å². The van der Waals surface area contributed by atoms with Crippen LogP contribution >= 0.6 is 11.6 Å². The second-order valence-corrected chi connectivity index (χ2v) is 6.42. The number of carbonyl (C=O) groups is 1. The number of rotatable bonds is 2. The first-order chi connectivity index (χ1) is 12.5. The lowest BCUT2D eigenvalue weighted by Crippen LogP contribution is -2.36. The molecular formula is C19H13ClF2N2O2. The van der Waals surface area contributed by atoms with Gasteiger partial charge in [0.1, 0.15) is 17.3 Å². The molecule has 2 heterocycles. The number of hydrogen-bond donors (Lipinski definition) is 0. The summed E-state index contributed by atoms with van der Waals surface area (Å²) in [6, 6.07) is 10.1. The standard InChI is InChI=1S/C19H13ClF2N2O2/c20-14-2-1-3-15(22)17(14)19(25)24-9-8-13-16(10-24)23-26-18(13)11-4-6-12(21)7-5-11/h1-7H,8-10H2. The summed E-state index contributed by atoms with van der Waals surface area (Å²) in [6.07, 6.45) is 0.503. The lowest BCUT2D eigenvalue weighted by atomic mass is 10.00. The van der Waals surface area contributed by atoms with Gasteiger partial charge in [0.2, 0.25) is 0 Å². The van der Waals surface area contributed by atoms with Gasteiger partial charge in [0.15, 0.2) is 5.76 Å². The number of nitrogens with zero attached hydrogens (tertiary/aromatic N) is 2. The highest BCUT2D eigenvalue weighted by molar-refractivity contribution is 6.33. The molecule has 2 aromatic carbocycles. The molecular weight excluding hydrogens is 362 g/mol. The van der Waals surface area contributed by atoms with E-state index in [0.717, 1.165) is 11.1 Å². The molecule has 0 saturated heterocycles. The van der Waals surface area contributed by atoms with Gasteiger partial charge in [-0.2, -0.15) is 0 Å².